The lowest BCUT2D eigenvalue weighted by Crippen LogP contribution is -2.01. The summed E-state index contributed by atoms with van der Waals surface area (Å²) in [5.74, 6) is 1.19. The summed E-state index contributed by atoms with van der Waals surface area (Å²) >= 11 is 1.53. The van der Waals surface area contributed by atoms with E-state index in [0.29, 0.717) is 17.1 Å². The van der Waals surface area contributed by atoms with E-state index in [-0.39, 0.29) is 5.63 Å². The minimum absolute atomic E-state index is 0.337. The lowest BCUT2D eigenvalue weighted by atomic mass is 10.0. The molecule has 0 saturated carbocycles. The van der Waals surface area contributed by atoms with E-state index in [1.54, 1.807) is 6.07 Å². The molecule has 0 radical (unpaired) electrons. The zero-order chi connectivity index (χ0) is 18.4. The fourth-order valence-electron chi connectivity index (χ4n) is 3.04. The Bertz CT molecular complexity index is 1210. The first-order valence-electron chi connectivity index (χ1n) is 8.28. The van der Waals surface area contributed by atoms with Crippen LogP contribution >= 0.6 is 11.8 Å². The second kappa shape index (κ2) is 6.25. The molecule has 0 aliphatic heterocycles. The third-order valence-electron chi connectivity index (χ3n) is 4.46. The number of thioether (sulfide) groups is 1. The normalized spacial score (nSPS) is 11.5. The van der Waals surface area contributed by atoms with Crippen LogP contribution in [0.4, 0.5) is 0 Å². The lowest BCUT2D eigenvalue weighted by Gasteiger charge is -2.08. The first-order valence-corrected chi connectivity index (χ1v) is 9.27. The van der Waals surface area contributed by atoms with E-state index in [1.807, 2.05) is 37.3 Å². The first kappa shape index (κ1) is 16.8. The average Bonchev–Trinajstić information content (AvgIpc) is 2.97. The van der Waals surface area contributed by atoms with Crippen molar-refractivity contribution in [3.05, 3.63) is 62.8 Å². The van der Waals surface area contributed by atoms with E-state index in [9.17, 15) is 4.79 Å². The molecule has 0 bridgehead atoms. The molecule has 4 rings (SSSR count). The van der Waals surface area contributed by atoms with Gasteiger partial charge in [0.1, 0.15) is 5.58 Å². The maximum atomic E-state index is 11.9. The highest BCUT2D eigenvalue weighted by atomic mass is 32.2. The SMILES string of the molecule is Cc1cc(C)n2c(SCc3cc(=O)oc4cc(C)c(C)cc34)nnc2n1. The van der Waals surface area contributed by atoms with Gasteiger partial charge in [0.25, 0.3) is 5.78 Å². The molecule has 0 aliphatic rings. The van der Waals surface area contributed by atoms with E-state index in [0.717, 1.165) is 33.1 Å². The second-order valence-corrected chi connectivity index (χ2v) is 7.41. The number of fused-ring (bicyclic) bond motifs is 2. The van der Waals surface area contributed by atoms with Gasteiger partial charge in [-0.2, -0.15) is 0 Å². The van der Waals surface area contributed by atoms with E-state index in [1.165, 1.54) is 17.3 Å². The molecule has 6 nitrogen and oxygen atoms in total. The van der Waals surface area contributed by atoms with Crippen LogP contribution in [0.5, 0.6) is 0 Å². The Balaban J connectivity index is 1.75. The third-order valence-corrected chi connectivity index (χ3v) is 5.44. The van der Waals surface area contributed by atoms with Crippen LogP contribution in [0.25, 0.3) is 16.7 Å². The Hall–Kier alpha value is -2.67. The summed E-state index contributed by atoms with van der Waals surface area (Å²) < 4.78 is 7.30. The molecule has 0 fully saturated rings. The molecule has 4 aromatic rings. The molecular formula is C19H18N4O2S. The van der Waals surface area contributed by atoms with Crippen LogP contribution in [0.1, 0.15) is 28.1 Å². The highest BCUT2D eigenvalue weighted by Gasteiger charge is 2.13. The molecule has 0 atom stereocenters. The van der Waals surface area contributed by atoms with E-state index in [4.69, 9.17) is 4.42 Å². The Kier molecular flexibility index (Phi) is 4.03. The average molecular weight is 366 g/mol. The Morgan fingerprint density at radius 1 is 1.04 bits per heavy atom. The zero-order valence-corrected chi connectivity index (χ0v) is 15.8. The van der Waals surface area contributed by atoms with Gasteiger partial charge in [0, 0.05) is 28.6 Å². The molecule has 3 heterocycles. The van der Waals surface area contributed by atoms with Gasteiger partial charge < -0.3 is 4.42 Å². The molecule has 0 unspecified atom stereocenters. The Morgan fingerprint density at radius 3 is 2.62 bits per heavy atom. The van der Waals surface area contributed by atoms with Crippen molar-refractivity contribution in [3.8, 4) is 0 Å². The maximum absolute atomic E-state index is 11.9. The van der Waals surface area contributed by atoms with Crippen LogP contribution in [0, 0.1) is 27.7 Å². The highest BCUT2D eigenvalue weighted by molar-refractivity contribution is 7.98. The van der Waals surface area contributed by atoms with Crippen molar-refractivity contribution in [2.45, 2.75) is 38.6 Å². The number of rotatable bonds is 3. The summed E-state index contributed by atoms with van der Waals surface area (Å²) in [4.78, 5) is 16.4. The summed E-state index contributed by atoms with van der Waals surface area (Å²) in [5.41, 5.74) is 5.43. The summed E-state index contributed by atoms with van der Waals surface area (Å²) in [7, 11) is 0. The van der Waals surface area contributed by atoms with Gasteiger partial charge in [-0.25, -0.2) is 9.78 Å². The zero-order valence-electron chi connectivity index (χ0n) is 15.0. The van der Waals surface area contributed by atoms with Crippen molar-refractivity contribution in [1.82, 2.24) is 19.6 Å². The van der Waals surface area contributed by atoms with Gasteiger partial charge in [0.15, 0.2) is 5.16 Å². The van der Waals surface area contributed by atoms with Crippen molar-refractivity contribution in [1.29, 1.82) is 0 Å². The van der Waals surface area contributed by atoms with Crippen LogP contribution < -0.4 is 5.63 Å². The molecule has 0 saturated heterocycles. The minimum Gasteiger partial charge on any atom is -0.423 e. The van der Waals surface area contributed by atoms with Crippen molar-refractivity contribution in [2.24, 2.45) is 0 Å². The lowest BCUT2D eigenvalue weighted by molar-refractivity contribution is 0.559. The second-order valence-electron chi connectivity index (χ2n) is 6.47. The first-order chi connectivity index (χ1) is 12.4. The molecule has 1 aromatic carbocycles. The molecule has 0 spiro atoms. The largest absolute Gasteiger partial charge is 0.423 e. The molecule has 0 aliphatic carbocycles. The predicted octanol–water partition coefficient (Wildman–Crippen LogP) is 3.76. The predicted molar refractivity (Wildman–Crippen MR) is 102 cm³/mol. The van der Waals surface area contributed by atoms with Crippen LogP contribution in [0.15, 0.2) is 38.6 Å². The molecule has 132 valence electrons. The summed E-state index contributed by atoms with van der Waals surface area (Å²) in [6.45, 7) is 8.01. The van der Waals surface area contributed by atoms with E-state index < -0.39 is 0 Å². The molecule has 3 aromatic heterocycles. The van der Waals surface area contributed by atoms with Crippen molar-refractivity contribution >= 4 is 28.5 Å². The number of benzene rings is 1. The van der Waals surface area contributed by atoms with Gasteiger partial charge in [-0.05, 0) is 62.6 Å². The Labute approximate surface area is 154 Å². The number of aromatic nitrogens is 4. The van der Waals surface area contributed by atoms with Crippen LogP contribution in [0.3, 0.4) is 0 Å². The van der Waals surface area contributed by atoms with Gasteiger partial charge >= 0.3 is 5.63 Å². The van der Waals surface area contributed by atoms with Crippen LogP contribution in [-0.4, -0.2) is 19.6 Å². The molecular weight excluding hydrogens is 348 g/mol. The standard InChI is InChI=1S/C19H18N4O2S/c1-10-5-15-14(8-17(24)25-16(15)6-11(10)2)9-26-19-22-21-18-20-12(3)7-13(4)23(18)19/h5-8H,9H2,1-4H3. The smallest absolute Gasteiger partial charge is 0.336 e. The summed E-state index contributed by atoms with van der Waals surface area (Å²) in [5, 5.41) is 10.1. The molecule has 7 heteroatoms. The van der Waals surface area contributed by atoms with Crippen molar-refractivity contribution in [2.75, 3.05) is 0 Å². The quantitative estimate of drug-likeness (QED) is 0.406. The van der Waals surface area contributed by atoms with Crippen molar-refractivity contribution < 1.29 is 4.42 Å². The maximum Gasteiger partial charge on any atom is 0.336 e. The van der Waals surface area contributed by atoms with Gasteiger partial charge in [-0.15, -0.1) is 10.2 Å². The van der Waals surface area contributed by atoms with E-state index >= 15 is 0 Å². The van der Waals surface area contributed by atoms with E-state index in [2.05, 4.69) is 28.2 Å². The van der Waals surface area contributed by atoms with Crippen LogP contribution in [-0.2, 0) is 5.75 Å². The summed E-state index contributed by atoms with van der Waals surface area (Å²) in [6, 6.07) is 7.55. The molecule has 26 heavy (non-hydrogen) atoms. The topological polar surface area (TPSA) is 73.3 Å². The number of nitrogens with zero attached hydrogens (tertiary/aromatic N) is 4. The highest BCUT2D eigenvalue weighted by Crippen LogP contribution is 2.28. The fourth-order valence-corrected chi connectivity index (χ4v) is 4.02. The Morgan fingerprint density at radius 2 is 1.81 bits per heavy atom. The molecule has 0 N–H and O–H groups in total. The van der Waals surface area contributed by atoms with Gasteiger partial charge in [-0.3, -0.25) is 4.40 Å². The number of hydrogen-bond donors (Lipinski definition) is 0. The summed E-state index contributed by atoms with van der Waals surface area (Å²) in [6.07, 6.45) is 0. The number of aryl methyl sites for hydroxylation is 4. The monoisotopic (exact) mass is 366 g/mol. The van der Waals surface area contributed by atoms with Gasteiger partial charge in [0.05, 0.1) is 0 Å². The van der Waals surface area contributed by atoms with Crippen molar-refractivity contribution in [3.63, 3.8) is 0 Å². The molecule has 0 amide bonds. The van der Waals surface area contributed by atoms with Gasteiger partial charge in [0.2, 0.25) is 0 Å². The fraction of sp³-hybridized carbons (Fsp3) is 0.263. The number of hydrogen-bond acceptors (Lipinski definition) is 6. The third kappa shape index (κ3) is 2.88. The minimum atomic E-state index is -0.337. The van der Waals surface area contributed by atoms with Gasteiger partial charge in [-0.1, -0.05) is 11.8 Å². The van der Waals surface area contributed by atoms with Crippen LogP contribution in [0.2, 0.25) is 0 Å².